The average molecular weight is 302 g/mol. The van der Waals surface area contributed by atoms with E-state index in [1.807, 2.05) is 13.8 Å². The highest BCUT2D eigenvalue weighted by atomic mass is 32.2. The van der Waals surface area contributed by atoms with Gasteiger partial charge in [-0.25, -0.2) is 12.8 Å². The molecule has 0 aliphatic carbocycles. The van der Waals surface area contributed by atoms with Crippen LogP contribution in [0.1, 0.15) is 32.8 Å². The molecule has 2 N–H and O–H groups in total. The van der Waals surface area contributed by atoms with Crippen LogP contribution in [0.3, 0.4) is 0 Å². The molecule has 1 rings (SSSR count). The number of sulfonamides is 1. The summed E-state index contributed by atoms with van der Waals surface area (Å²) in [5, 5.41) is 0. The summed E-state index contributed by atoms with van der Waals surface area (Å²) in [5.74, 6) is -0.199. The fraction of sp³-hybridized carbons (Fsp3) is 0.571. The molecule has 114 valence electrons. The van der Waals surface area contributed by atoms with Crippen LogP contribution >= 0.6 is 0 Å². The van der Waals surface area contributed by atoms with Crippen LogP contribution in [-0.4, -0.2) is 25.8 Å². The Hall–Kier alpha value is -0.980. The van der Waals surface area contributed by atoms with Crippen LogP contribution in [0.15, 0.2) is 23.1 Å². The molecule has 0 aliphatic heterocycles. The number of hydrogen-bond acceptors (Lipinski definition) is 3. The zero-order valence-electron chi connectivity index (χ0n) is 12.3. The number of benzene rings is 1. The Morgan fingerprint density at radius 2 is 2.00 bits per heavy atom. The van der Waals surface area contributed by atoms with Gasteiger partial charge in [0.05, 0.1) is 4.90 Å². The highest BCUT2D eigenvalue weighted by Crippen LogP contribution is 2.20. The average Bonchev–Trinajstić information content (AvgIpc) is 2.44. The highest BCUT2D eigenvalue weighted by Gasteiger charge is 2.25. The van der Waals surface area contributed by atoms with E-state index in [1.165, 1.54) is 16.4 Å². The van der Waals surface area contributed by atoms with Crippen molar-refractivity contribution in [2.75, 3.05) is 13.1 Å². The molecule has 0 aliphatic rings. The molecule has 1 unspecified atom stereocenters. The van der Waals surface area contributed by atoms with Gasteiger partial charge in [-0.3, -0.25) is 0 Å². The lowest BCUT2D eigenvalue weighted by Gasteiger charge is -2.23. The van der Waals surface area contributed by atoms with Gasteiger partial charge in [-0.05, 0) is 24.1 Å². The molecule has 6 heteroatoms. The number of rotatable bonds is 7. The van der Waals surface area contributed by atoms with E-state index in [0.29, 0.717) is 13.1 Å². The molecule has 0 bridgehead atoms. The predicted octanol–water partition coefficient (Wildman–Crippen LogP) is 2.34. The van der Waals surface area contributed by atoms with E-state index in [4.69, 9.17) is 5.73 Å². The molecule has 1 atom stereocenters. The van der Waals surface area contributed by atoms with Crippen LogP contribution in [-0.2, 0) is 16.6 Å². The van der Waals surface area contributed by atoms with Crippen molar-refractivity contribution in [3.05, 3.63) is 29.6 Å². The Kier molecular flexibility index (Phi) is 6.10. The van der Waals surface area contributed by atoms with E-state index in [0.717, 1.165) is 12.5 Å². The molecule has 0 aromatic heterocycles. The Bertz CT molecular complexity index is 546. The molecular formula is C14H23FN2O2S. The molecular weight excluding hydrogens is 279 g/mol. The molecule has 0 amide bonds. The Balaban J connectivity index is 3.13. The van der Waals surface area contributed by atoms with E-state index in [-0.39, 0.29) is 22.9 Å². The summed E-state index contributed by atoms with van der Waals surface area (Å²) < 4.78 is 40.0. The first-order chi connectivity index (χ1) is 9.36. The monoisotopic (exact) mass is 302 g/mol. The molecule has 0 heterocycles. The van der Waals surface area contributed by atoms with Crippen molar-refractivity contribution in [3.63, 3.8) is 0 Å². The first-order valence-electron chi connectivity index (χ1n) is 6.85. The zero-order valence-corrected chi connectivity index (χ0v) is 13.1. The minimum atomic E-state index is -3.59. The predicted molar refractivity (Wildman–Crippen MR) is 78.2 cm³/mol. The molecule has 0 saturated carbocycles. The molecule has 1 aromatic rings. The third-order valence-electron chi connectivity index (χ3n) is 3.44. The Morgan fingerprint density at radius 3 is 2.50 bits per heavy atom. The molecule has 0 fully saturated rings. The molecule has 0 saturated heterocycles. The van der Waals surface area contributed by atoms with Crippen LogP contribution in [0.4, 0.5) is 4.39 Å². The third-order valence-corrected chi connectivity index (χ3v) is 5.38. The first-order valence-corrected chi connectivity index (χ1v) is 8.29. The zero-order chi connectivity index (χ0) is 15.3. The fourth-order valence-corrected chi connectivity index (χ4v) is 3.51. The molecule has 20 heavy (non-hydrogen) atoms. The number of nitrogens with zero attached hydrogens (tertiary/aromatic N) is 1. The van der Waals surface area contributed by atoms with Gasteiger partial charge in [0.25, 0.3) is 0 Å². The first kappa shape index (κ1) is 17.1. The van der Waals surface area contributed by atoms with Crippen molar-refractivity contribution in [3.8, 4) is 0 Å². The van der Waals surface area contributed by atoms with E-state index >= 15 is 0 Å². The minimum absolute atomic E-state index is 0.0211. The Labute approximate surface area is 120 Å². The molecule has 1 aromatic carbocycles. The van der Waals surface area contributed by atoms with Crippen molar-refractivity contribution >= 4 is 10.0 Å². The molecule has 0 radical (unpaired) electrons. The third kappa shape index (κ3) is 3.77. The summed E-state index contributed by atoms with van der Waals surface area (Å²) in [6.07, 6.45) is 0.906. The topological polar surface area (TPSA) is 63.4 Å². The van der Waals surface area contributed by atoms with Crippen LogP contribution in [0, 0.1) is 11.7 Å². The Morgan fingerprint density at radius 1 is 1.35 bits per heavy atom. The second kappa shape index (κ2) is 7.15. The summed E-state index contributed by atoms with van der Waals surface area (Å²) in [4.78, 5) is 0.101. The fourth-order valence-electron chi connectivity index (χ4n) is 1.89. The lowest BCUT2D eigenvalue weighted by Crippen LogP contribution is -2.34. The van der Waals surface area contributed by atoms with Gasteiger partial charge < -0.3 is 5.73 Å². The quantitative estimate of drug-likeness (QED) is 0.841. The van der Waals surface area contributed by atoms with Gasteiger partial charge in [-0.15, -0.1) is 0 Å². The highest BCUT2D eigenvalue weighted by molar-refractivity contribution is 7.89. The van der Waals surface area contributed by atoms with E-state index in [9.17, 15) is 12.8 Å². The molecule has 0 spiro atoms. The lowest BCUT2D eigenvalue weighted by atomic mass is 10.1. The number of hydrogen-bond donors (Lipinski definition) is 1. The minimum Gasteiger partial charge on any atom is -0.326 e. The van der Waals surface area contributed by atoms with Gasteiger partial charge in [0.2, 0.25) is 10.0 Å². The van der Waals surface area contributed by atoms with Gasteiger partial charge in [0.1, 0.15) is 5.82 Å². The van der Waals surface area contributed by atoms with Gasteiger partial charge in [0, 0.05) is 25.2 Å². The SMILES string of the molecule is CCC(C)CN(CC)S(=O)(=O)c1ccc(F)c(CN)c1. The van der Waals surface area contributed by atoms with Gasteiger partial charge in [-0.1, -0.05) is 27.2 Å². The summed E-state index contributed by atoms with van der Waals surface area (Å²) in [7, 11) is -3.59. The summed E-state index contributed by atoms with van der Waals surface area (Å²) in [6.45, 7) is 6.66. The lowest BCUT2D eigenvalue weighted by molar-refractivity contribution is 0.361. The number of halogens is 1. The van der Waals surface area contributed by atoms with Gasteiger partial charge in [0.15, 0.2) is 0 Å². The second-order valence-corrected chi connectivity index (χ2v) is 6.86. The van der Waals surface area contributed by atoms with Crippen LogP contribution in [0.2, 0.25) is 0 Å². The molecule has 4 nitrogen and oxygen atoms in total. The van der Waals surface area contributed by atoms with E-state index in [2.05, 4.69) is 0 Å². The maximum atomic E-state index is 13.4. The van der Waals surface area contributed by atoms with Crippen LogP contribution in [0.5, 0.6) is 0 Å². The van der Waals surface area contributed by atoms with Crippen molar-refractivity contribution in [1.82, 2.24) is 4.31 Å². The van der Waals surface area contributed by atoms with Crippen molar-refractivity contribution in [1.29, 1.82) is 0 Å². The summed E-state index contributed by atoms with van der Waals surface area (Å²) in [6, 6.07) is 3.78. The van der Waals surface area contributed by atoms with Crippen LogP contribution in [0.25, 0.3) is 0 Å². The smallest absolute Gasteiger partial charge is 0.243 e. The summed E-state index contributed by atoms with van der Waals surface area (Å²) in [5.41, 5.74) is 5.64. The van der Waals surface area contributed by atoms with E-state index < -0.39 is 15.8 Å². The van der Waals surface area contributed by atoms with Crippen molar-refractivity contribution in [2.45, 2.75) is 38.6 Å². The number of nitrogens with two attached hydrogens (primary N) is 1. The van der Waals surface area contributed by atoms with E-state index in [1.54, 1.807) is 6.92 Å². The standard InChI is InChI=1S/C14H23FN2O2S/c1-4-11(3)10-17(5-2)20(18,19)13-6-7-14(15)12(8-13)9-16/h6-8,11H,4-5,9-10,16H2,1-3H3. The van der Waals surface area contributed by atoms with Crippen LogP contribution < -0.4 is 5.73 Å². The maximum absolute atomic E-state index is 13.4. The van der Waals surface area contributed by atoms with Gasteiger partial charge in [-0.2, -0.15) is 4.31 Å². The van der Waals surface area contributed by atoms with Gasteiger partial charge >= 0.3 is 0 Å². The largest absolute Gasteiger partial charge is 0.326 e. The van der Waals surface area contributed by atoms with Crippen molar-refractivity contribution < 1.29 is 12.8 Å². The normalized spacial score (nSPS) is 13.7. The summed E-state index contributed by atoms with van der Waals surface area (Å²) >= 11 is 0. The van der Waals surface area contributed by atoms with Crippen molar-refractivity contribution in [2.24, 2.45) is 11.7 Å². The second-order valence-electron chi connectivity index (χ2n) is 4.93. The maximum Gasteiger partial charge on any atom is 0.243 e.